The van der Waals surface area contributed by atoms with Gasteiger partial charge in [-0.1, -0.05) is 5.16 Å². The summed E-state index contributed by atoms with van der Waals surface area (Å²) >= 11 is 1.64. The Morgan fingerprint density at radius 2 is 2.00 bits per heavy atom. The maximum atomic E-state index is 12.2. The van der Waals surface area contributed by atoms with E-state index < -0.39 is 9.84 Å². The number of piperazine rings is 1. The first-order valence-electron chi connectivity index (χ1n) is 8.00. The third-order valence-electron chi connectivity index (χ3n) is 4.61. The van der Waals surface area contributed by atoms with E-state index in [2.05, 4.69) is 19.9 Å². The van der Waals surface area contributed by atoms with Crippen molar-refractivity contribution in [3.63, 3.8) is 0 Å². The molecule has 0 radical (unpaired) electrons. The van der Waals surface area contributed by atoms with Gasteiger partial charge < -0.3 is 9.26 Å². The van der Waals surface area contributed by atoms with Gasteiger partial charge in [0.05, 0.1) is 30.4 Å². The lowest BCUT2D eigenvalue weighted by atomic mass is 10.0. The number of ether oxygens (including phenoxy) is 1. The van der Waals surface area contributed by atoms with Gasteiger partial charge in [0, 0.05) is 38.8 Å². The van der Waals surface area contributed by atoms with Crippen molar-refractivity contribution < 1.29 is 17.7 Å². The van der Waals surface area contributed by atoms with E-state index in [0.29, 0.717) is 30.6 Å². The van der Waals surface area contributed by atoms with Crippen LogP contribution in [0.25, 0.3) is 0 Å². The van der Waals surface area contributed by atoms with Gasteiger partial charge in [0.2, 0.25) is 5.89 Å². The molecule has 2 saturated heterocycles. The SMILES string of the molecule is COCCN1CCN(Cc2nc(CSC)no2)[C@H]2CS(=O)(=O)C[C@H]21. The number of rotatable bonds is 7. The molecule has 0 saturated carbocycles. The van der Waals surface area contributed by atoms with Gasteiger partial charge in [0.1, 0.15) is 0 Å². The minimum absolute atomic E-state index is 0.0171. The van der Waals surface area contributed by atoms with Crippen molar-refractivity contribution in [1.29, 1.82) is 0 Å². The average Bonchev–Trinajstić information content (AvgIpc) is 3.10. The monoisotopic (exact) mass is 376 g/mol. The lowest BCUT2D eigenvalue weighted by Gasteiger charge is -2.43. The summed E-state index contributed by atoms with van der Waals surface area (Å²) < 4.78 is 34.8. The highest BCUT2D eigenvalue weighted by Crippen LogP contribution is 2.27. The van der Waals surface area contributed by atoms with Crippen LogP contribution in [-0.4, -0.2) is 91.6 Å². The third kappa shape index (κ3) is 4.10. The van der Waals surface area contributed by atoms with Crippen LogP contribution in [0.5, 0.6) is 0 Å². The van der Waals surface area contributed by atoms with Gasteiger partial charge >= 0.3 is 0 Å². The molecule has 0 N–H and O–H groups in total. The Morgan fingerprint density at radius 1 is 1.29 bits per heavy atom. The number of fused-ring (bicyclic) bond motifs is 1. The van der Waals surface area contributed by atoms with Crippen LogP contribution >= 0.6 is 11.8 Å². The highest BCUT2D eigenvalue weighted by atomic mass is 32.2. The van der Waals surface area contributed by atoms with Gasteiger partial charge in [-0.2, -0.15) is 16.7 Å². The van der Waals surface area contributed by atoms with Crippen molar-refractivity contribution in [3.8, 4) is 0 Å². The number of thioether (sulfide) groups is 1. The first-order valence-corrected chi connectivity index (χ1v) is 11.2. The summed E-state index contributed by atoms with van der Waals surface area (Å²) in [5.74, 6) is 2.39. The Morgan fingerprint density at radius 3 is 2.71 bits per heavy atom. The van der Waals surface area contributed by atoms with Crippen LogP contribution in [0.1, 0.15) is 11.7 Å². The van der Waals surface area contributed by atoms with Gasteiger partial charge in [-0.15, -0.1) is 0 Å². The molecule has 1 aromatic heterocycles. The molecule has 0 spiro atoms. The summed E-state index contributed by atoms with van der Waals surface area (Å²) in [5, 5.41) is 3.96. The van der Waals surface area contributed by atoms with E-state index in [1.54, 1.807) is 18.9 Å². The molecular weight excluding hydrogens is 352 g/mol. The second-order valence-electron chi connectivity index (χ2n) is 6.25. The highest BCUT2D eigenvalue weighted by Gasteiger charge is 2.46. The Bertz CT molecular complexity index is 651. The highest BCUT2D eigenvalue weighted by molar-refractivity contribution is 7.97. The number of hydrogen-bond donors (Lipinski definition) is 0. The topological polar surface area (TPSA) is 88.8 Å². The lowest BCUT2D eigenvalue weighted by molar-refractivity contribution is 0.0205. The molecule has 0 amide bonds. The van der Waals surface area contributed by atoms with Gasteiger partial charge in [-0.05, 0) is 6.26 Å². The maximum Gasteiger partial charge on any atom is 0.240 e. The first kappa shape index (κ1) is 18.1. The van der Waals surface area contributed by atoms with E-state index in [0.717, 1.165) is 19.6 Å². The van der Waals surface area contributed by atoms with Crippen LogP contribution in [0.2, 0.25) is 0 Å². The summed E-state index contributed by atoms with van der Waals surface area (Å²) in [6.07, 6.45) is 1.99. The number of nitrogens with zero attached hydrogens (tertiary/aromatic N) is 4. The van der Waals surface area contributed by atoms with Gasteiger partial charge in [-0.3, -0.25) is 9.80 Å². The Labute approximate surface area is 146 Å². The molecule has 136 valence electrons. The predicted molar refractivity (Wildman–Crippen MR) is 91.6 cm³/mol. The molecule has 0 aromatic carbocycles. The van der Waals surface area contributed by atoms with Crippen molar-refractivity contribution in [2.75, 3.05) is 51.1 Å². The molecule has 10 heteroatoms. The van der Waals surface area contributed by atoms with E-state index in [1.165, 1.54) is 0 Å². The quantitative estimate of drug-likeness (QED) is 0.645. The van der Waals surface area contributed by atoms with Gasteiger partial charge in [0.15, 0.2) is 15.7 Å². The van der Waals surface area contributed by atoms with Crippen LogP contribution in [0.3, 0.4) is 0 Å². The minimum Gasteiger partial charge on any atom is -0.383 e. The summed E-state index contributed by atoms with van der Waals surface area (Å²) in [6.45, 7) is 3.51. The first-order chi connectivity index (χ1) is 11.5. The normalized spacial score (nSPS) is 27.4. The van der Waals surface area contributed by atoms with Crippen LogP contribution in [0, 0.1) is 0 Å². The van der Waals surface area contributed by atoms with Crippen LogP contribution < -0.4 is 0 Å². The standard InChI is InChI=1S/C14H24N4O4S2/c1-21-6-5-17-3-4-18(12-10-24(19,20)9-11(12)17)7-14-15-13(8-23-2)16-22-14/h11-12H,3-10H2,1-2H3/t11-,12+/m1/s1. The summed E-state index contributed by atoms with van der Waals surface area (Å²) in [7, 11) is -1.34. The van der Waals surface area contributed by atoms with Crippen molar-refractivity contribution >= 4 is 21.6 Å². The van der Waals surface area contributed by atoms with Gasteiger partial charge in [0.25, 0.3) is 0 Å². The second kappa shape index (κ2) is 7.69. The van der Waals surface area contributed by atoms with Gasteiger partial charge in [-0.25, -0.2) is 8.42 Å². The summed E-state index contributed by atoms with van der Waals surface area (Å²) in [5.41, 5.74) is 0. The number of hydrogen-bond acceptors (Lipinski definition) is 9. The smallest absolute Gasteiger partial charge is 0.240 e. The van der Waals surface area contributed by atoms with Crippen LogP contribution in [0.15, 0.2) is 4.52 Å². The zero-order valence-corrected chi connectivity index (χ0v) is 15.7. The lowest BCUT2D eigenvalue weighted by Crippen LogP contribution is -2.59. The molecule has 0 bridgehead atoms. The second-order valence-corrected chi connectivity index (χ2v) is 9.27. The Hall–Kier alpha value is -0.680. The Balaban J connectivity index is 1.70. The van der Waals surface area contributed by atoms with Crippen molar-refractivity contribution in [1.82, 2.24) is 19.9 Å². The van der Waals surface area contributed by atoms with Crippen molar-refractivity contribution in [2.24, 2.45) is 0 Å². The van der Waals surface area contributed by atoms with E-state index >= 15 is 0 Å². The molecule has 3 heterocycles. The fraction of sp³-hybridized carbons (Fsp3) is 0.857. The molecule has 2 aliphatic rings. The van der Waals surface area contributed by atoms with E-state index in [4.69, 9.17) is 9.26 Å². The number of methoxy groups -OCH3 is 1. The van der Waals surface area contributed by atoms with Crippen LogP contribution in [0.4, 0.5) is 0 Å². The Kier molecular flexibility index (Phi) is 5.81. The molecule has 8 nitrogen and oxygen atoms in total. The molecule has 3 rings (SSSR count). The fourth-order valence-electron chi connectivity index (χ4n) is 3.49. The van der Waals surface area contributed by atoms with Crippen LogP contribution in [-0.2, 0) is 26.9 Å². The molecular formula is C14H24N4O4S2. The summed E-state index contributed by atoms with van der Waals surface area (Å²) in [6, 6.07) is 0.00370. The molecule has 0 aliphatic carbocycles. The third-order valence-corrected chi connectivity index (χ3v) is 6.86. The molecule has 2 aliphatic heterocycles. The number of aromatic nitrogens is 2. The molecule has 24 heavy (non-hydrogen) atoms. The summed E-state index contributed by atoms with van der Waals surface area (Å²) in [4.78, 5) is 8.80. The average molecular weight is 377 g/mol. The van der Waals surface area contributed by atoms with Crippen molar-refractivity contribution in [2.45, 2.75) is 24.4 Å². The molecule has 2 fully saturated rings. The zero-order valence-electron chi connectivity index (χ0n) is 14.0. The van der Waals surface area contributed by atoms with E-state index in [9.17, 15) is 8.42 Å². The minimum atomic E-state index is -3.01. The van der Waals surface area contributed by atoms with E-state index in [1.807, 2.05) is 6.26 Å². The molecule has 1 aromatic rings. The predicted octanol–water partition coefficient (Wildman–Crippen LogP) is -0.138. The molecule has 2 atom stereocenters. The maximum absolute atomic E-state index is 12.2. The fourth-order valence-corrected chi connectivity index (χ4v) is 5.91. The van der Waals surface area contributed by atoms with Crippen molar-refractivity contribution in [3.05, 3.63) is 11.7 Å². The largest absolute Gasteiger partial charge is 0.383 e. The molecule has 0 unspecified atom stereocenters. The zero-order chi connectivity index (χ0) is 17.2. The van der Waals surface area contributed by atoms with E-state index in [-0.39, 0.29) is 23.6 Å². The number of sulfone groups is 1.